The van der Waals surface area contributed by atoms with Gasteiger partial charge in [-0.25, -0.2) is 0 Å². The monoisotopic (exact) mass is 179 g/mol. The minimum absolute atomic E-state index is 0.375. The summed E-state index contributed by atoms with van der Waals surface area (Å²) in [7, 11) is 0. The van der Waals surface area contributed by atoms with E-state index >= 15 is 0 Å². The largest absolute Gasteiger partial charge is 0.299 e. The molecule has 12 heavy (non-hydrogen) atoms. The van der Waals surface area contributed by atoms with Crippen molar-refractivity contribution in [1.82, 2.24) is 5.32 Å². The van der Waals surface area contributed by atoms with Crippen LogP contribution in [0.4, 0.5) is 0 Å². The van der Waals surface area contributed by atoms with Crippen molar-refractivity contribution in [2.24, 2.45) is 0 Å². The summed E-state index contributed by atoms with van der Waals surface area (Å²) in [4.78, 5) is 2.70. The average Bonchev–Trinajstić information content (AvgIpc) is 2.47. The van der Waals surface area contributed by atoms with E-state index in [2.05, 4.69) is 37.2 Å². The summed E-state index contributed by atoms with van der Waals surface area (Å²) < 4.78 is 0. The molecule has 2 heteroatoms. The second kappa shape index (κ2) is 4.30. The maximum atomic E-state index is 5.15. The van der Waals surface area contributed by atoms with E-state index in [1.165, 1.54) is 9.75 Å². The molecular weight excluding hydrogens is 166 g/mol. The Kier molecular flexibility index (Phi) is 3.33. The highest BCUT2D eigenvalue weighted by Crippen LogP contribution is 2.21. The first-order valence-corrected chi connectivity index (χ1v) is 4.79. The van der Waals surface area contributed by atoms with Gasteiger partial charge >= 0.3 is 0 Å². The molecule has 0 aliphatic heterocycles. The van der Waals surface area contributed by atoms with Crippen LogP contribution in [0.2, 0.25) is 0 Å². The van der Waals surface area contributed by atoms with Crippen molar-refractivity contribution in [3.63, 3.8) is 0 Å². The Hall–Kier alpha value is -0.780. The van der Waals surface area contributed by atoms with Crippen LogP contribution in [-0.2, 0) is 0 Å². The van der Waals surface area contributed by atoms with Crippen molar-refractivity contribution in [3.8, 4) is 12.3 Å². The number of terminal acetylenes is 1. The first-order chi connectivity index (χ1) is 5.74. The van der Waals surface area contributed by atoms with Crippen molar-refractivity contribution >= 4 is 11.3 Å². The van der Waals surface area contributed by atoms with Crippen molar-refractivity contribution < 1.29 is 0 Å². The lowest BCUT2D eigenvalue weighted by molar-refractivity contribution is 0.633. The summed E-state index contributed by atoms with van der Waals surface area (Å²) in [5.41, 5.74) is 0. The maximum Gasteiger partial charge on any atom is 0.0578 e. The lowest BCUT2D eigenvalue weighted by Gasteiger charge is -2.08. The van der Waals surface area contributed by atoms with Crippen molar-refractivity contribution in [2.45, 2.75) is 19.9 Å². The summed E-state index contributed by atoms with van der Waals surface area (Å²) >= 11 is 1.82. The van der Waals surface area contributed by atoms with Crippen LogP contribution in [0.3, 0.4) is 0 Å². The zero-order valence-corrected chi connectivity index (χ0v) is 8.24. The minimum Gasteiger partial charge on any atom is -0.299 e. The van der Waals surface area contributed by atoms with E-state index in [1.54, 1.807) is 0 Å². The molecular formula is C10H13NS. The van der Waals surface area contributed by atoms with Crippen molar-refractivity contribution in [1.29, 1.82) is 0 Å². The molecule has 1 rings (SSSR count). The predicted molar refractivity (Wildman–Crippen MR) is 54.3 cm³/mol. The van der Waals surface area contributed by atoms with Gasteiger partial charge in [0.1, 0.15) is 0 Å². The molecule has 1 nitrogen and oxygen atoms in total. The summed E-state index contributed by atoms with van der Waals surface area (Å²) in [5, 5.41) is 3.24. The summed E-state index contributed by atoms with van der Waals surface area (Å²) in [5.74, 6) is 2.57. The first-order valence-electron chi connectivity index (χ1n) is 3.97. The molecule has 1 atom stereocenters. The van der Waals surface area contributed by atoms with Gasteiger partial charge in [-0.15, -0.1) is 17.8 Å². The molecule has 0 aromatic carbocycles. The minimum atomic E-state index is 0.375. The normalized spacial score (nSPS) is 12.4. The van der Waals surface area contributed by atoms with Crippen LogP contribution >= 0.6 is 11.3 Å². The highest BCUT2D eigenvalue weighted by Gasteiger charge is 2.04. The maximum absolute atomic E-state index is 5.15. The number of rotatable bonds is 3. The van der Waals surface area contributed by atoms with Crippen LogP contribution in [0.1, 0.15) is 22.7 Å². The average molecular weight is 179 g/mol. The first kappa shape index (κ1) is 9.31. The fraction of sp³-hybridized carbons (Fsp3) is 0.400. The van der Waals surface area contributed by atoms with Gasteiger partial charge in [0.05, 0.1) is 6.54 Å². The molecule has 0 fully saturated rings. The van der Waals surface area contributed by atoms with E-state index in [0.717, 1.165) is 0 Å². The van der Waals surface area contributed by atoms with E-state index in [0.29, 0.717) is 12.6 Å². The topological polar surface area (TPSA) is 12.0 Å². The molecule has 1 N–H and O–H groups in total. The second-order valence-electron chi connectivity index (χ2n) is 2.76. The zero-order chi connectivity index (χ0) is 8.97. The van der Waals surface area contributed by atoms with Gasteiger partial charge in [0.25, 0.3) is 0 Å². The molecule has 1 heterocycles. The second-order valence-corrected chi connectivity index (χ2v) is 4.07. The van der Waals surface area contributed by atoms with Crippen LogP contribution in [0.25, 0.3) is 0 Å². The lowest BCUT2D eigenvalue weighted by Crippen LogP contribution is -2.17. The van der Waals surface area contributed by atoms with Crippen LogP contribution in [-0.4, -0.2) is 6.54 Å². The van der Waals surface area contributed by atoms with E-state index < -0.39 is 0 Å². The molecule has 0 amide bonds. The number of hydrogen-bond acceptors (Lipinski definition) is 2. The number of nitrogens with one attached hydrogen (secondary N) is 1. The summed E-state index contributed by atoms with van der Waals surface area (Å²) in [6.07, 6.45) is 5.15. The predicted octanol–water partition coefficient (Wildman–Crippen LogP) is 2.34. The van der Waals surface area contributed by atoms with Gasteiger partial charge in [0.15, 0.2) is 0 Å². The Morgan fingerprint density at radius 2 is 2.42 bits per heavy atom. The Bertz CT molecular complexity index is 282. The van der Waals surface area contributed by atoms with E-state index in [-0.39, 0.29) is 0 Å². The third-order valence-corrected chi connectivity index (χ3v) is 2.88. The van der Waals surface area contributed by atoms with Crippen molar-refractivity contribution in [2.75, 3.05) is 6.54 Å². The van der Waals surface area contributed by atoms with Crippen LogP contribution in [0, 0.1) is 19.3 Å². The van der Waals surface area contributed by atoms with Gasteiger partial charge in [-0.1, -0.05) is 5.92 Å². The number of hydrogen-bond donors (Lipinski definition) is 1. The Balaban J connectivity index is 2.54. The Morgan fingerprint density at radius 3 is 2.92 bits per heavy atom. The molecule has 1 unspecified atom stereocenters. The zero-order valence-electron chi connectivity index (χ0n) is 7.42. The van der Waals surface area contributed by atoms with Crippen LogP contribution in [0.5, 0.6) is 0 Å². The third-order valence-electron chi connectivity index (χ3n) is 1.70. The molecule has 64 valence electrons. The summed E-state index contributed by atoms with van der Waals surface area (Å²) in [6, 6.07) is 4.65. The molecule has 0 bridgehead atoms. The molecule has 0 aliphatic carbocycles. The fourth-order valence-electron chi connectivity index (χ4n) is 0.999. The van der Waals surface area contributed by atoms with Crippen LogP contribution in [0.15, 0.2) is 12.1 Å². The molecule has 0 saturated carbocycles. The van der Waals surface area contributed by atoms with Gasteiger partial charge in [-0.05, 0) is 26.0 Å². The molecule has 0 spiro atoms. The van der Waals surface area contributed by atoms with Crippen LogP contribution < -0.4 is 5.32 Å². The Morgan fingerprint density at radius 1 is 1.67 bits per heavy atom. The van der Waals surface area contributed by atoms with E-state index in [9.17, 15) is 0 Å². The van der Waals surface area contributed by atoms with Gasteiger partial charge in [-0.2, -0.15) is 0 Å². The smallest absolute Gasteiger partial charge is 0.0578 e. The van der Waals surface area contributed by atoms with Gasteiger partial charge in [-0.3, -0.25) is 5.32 Å². The SMILES string of the molecule is C#CCNC(C)c1ccc(C)s1. The lowest BCUT2D eigenvalue weighted by atomic mass is 10.3. The summed E-state index contributed by atoms with van der Waals surface area (Å²) in [6.45, 7) is 4.88. The highest BCUT2D eigenvalue weighted by atomic mass is 32.1. The molecule has 0 radical (unpaired) electrons. The molecule has 1 aromatic heterocycles. The third kappa shape index (κ3) is 2.37. The standard InChI is InChI=1S/C10H13NS/c1-4-7-11-9(3)10-6-5-8(2)12-10/h1,5-6,9,11H,7H2,2-3H3. The number of thiophene rings is 1. The molecule has 0 saturated heterocycles. The fourth-order valence-corrected chi connectivity index (χ4v) is 1.90. The molecule has 0 aliphatic rings. The quantitative estimate of drug-likeness (QED) is 0.702. The van der Waals surface area contributed by atoms with Gasteiger partial charge < -0.3 is 0 Å². The van der Waals surface area contributed by atoms with Gasteiger partial charge in [0.2, 0.25) is 0 Å². The molecule has 1 aromatic rings. The highest BCUT2D eigenvalue weighted by molar-refractivity contribution is 7.12. The van der Waals surface area contributed by atoms with Crippen molar-refractivity contribution in [3.05, 3.63) is 21.9 Å². The Labute approximate surface area is 77.8 Å². The van der Waals surface area contributed by atoms with E-state index in [4.69, 9.17) is 6.42 Å². The van der Waals surface area contributed by atoms with Gasteiger partial charge in [0, 0.05) is 15.8 Å². The van der Waals surface area contributed by atoms with E-state index in [1.807, 2.05) is 11.3 Å². The number of aryl methyl sites for hydroxylation is 1.